The van der Waals surface area contributed by atoms with Crippen LogP contribution in [-0.2, 0) is 20.3 Å². The number of carbonyl (C=O) groups is 1. The lowest BCUT2D eigenvalue weighted by Crippen LogP contribution is -2.11. The Morgan fingerprint density at radius 2 is 2.00 bits per heavy atom. The molecule has 2 atom stereocenters. The molecule has 1 aromatic carbocycles. The average molecular weight is 240 g/mol. The molecule has 0 amide bonds. The highest BCUT2D eigenvalue weighted by Crippen LogP contribution is 2.19. The number of rotatable bonds is 5. The Balaban J connectivity index is 2.52. The second-order valence-corrected chi connectivity index (χ2v) is 5.34. The Hall–Kier alpha value is -1.16. The van der Waals surface area contributed by atoms with E-state index in [0.717, 1.165) is 5.56 Å². The molecule has 0 aliphatic rings. The third kappa shape index (κ3) is 3.77. The van der Waals surface area contributed by atoms with Crippen LogP contribution in [0.1, 0.15) is 24.2 Å². The highest BCUT2D eigenvalue weighted by molar-refractivity contribution is 7.85. The molecule has 0 fully saturated rings. The van der Waals surface area contributed by atoms with Gasteiger partial charge in [0.25, 0.3) is 0 Å². The van der Waals surface area contributed by atoms with Crippen LogP contribution in [0, 0.1) is 0 Å². The van der Waals surface area contributed by atoms with Gasteiger partial charge in [0, 0.05) is 16.6 Å². The Kier molecular flexibility index (Phi) is 5.19. The first-order valence-corrected chi connectivity index (χ1v) is 6.52. The summed E-state index contributed by atoms with van der Waals surface area (Å²) in [4.78, 5) is 10.9. The smallest absolute Gasteiger partial charge is 0.306 e. The Labute approximate surface area is 98.3 Å². The first-order chi connectivity index (χ1) is 7.65. The van der Waals surface area contributed by atoms with Crippen molar-refractivity contribution >= 4 is 16.8 Å². The minimum atomic E-state index is -1.04. The molecule has 0 aromatic heterocycles. The topological polar surface area (TPSA) is 43.4 Å². The number of ether oxygens (including phenoxy) is 1. The maximum absolute atomic E-state index is 11.9. The fourth-order valence-corrected chi connectivity index (χ4v) is 2.52. The van der Waals surface area contributed by atoms with Crippen molar-refractivity contribution in [1.82, 2.24) is 0 Å². The van der Waals surface area contributed by atoms with Gasteiger partial charge in [-0.3, -0.25) is 9.00 Å². The predicted octanol–water partition coefficient (Wildman–Crippen LogP) is 2.06. The van der Waals surface area contributed by atoms with Crippen LogP contribution in [0.15, 0.2) is 30.3 Å². The van der Waals surface area contributed by atoms with Gasteiger partial charge < -0.3 is 4.74 Å². The molecule has 2 unspecified atom stereocenters. The Morgan fingerprint density at radius 1 is 1.38 bits per heavy atom. The van der Waals surface area contributed by atoms with Gasteiger partial charge in [-0.25, -0.2) is 0 Å². The van der Waals surface area contributed by atoms with Crippen molar-refractivity contribution < 1.29 is 13.7 Å². The van der Waals surface area contributed by atoms with Crippen LogP contribution in [0.25, 0.3) is 0 Å². The molecule has 0 N–H and O–H groups in total. The Bertz CT molecular complexity index is 362. The molecule has 0 saturated carbocycles. The van der Waals surface area contributed by atoms with Gasteiger partial charge in [0.2, 0.25) is 0 Å². The van der Waals surface area contributed by atoms with Crippen LogP contribution >= 0.6 is 0 Å². The maximum atomic E-state index is 11.9. The van der Waals surface area contributed by atoms with Gasteiger partial charge in [-0.2, -0.15) is 0 Å². The first-order valence-electron chi connectivity index (χ1n) is 5.14. The molecular weight excluding hydrogens is 224 g/mol. The molecular formula is C12H16O3S. The molecule has 1 rings (SSSR count). The zero-order valence-electron chi connectivity index (χ0n) is 9.51. The number of esters is 1. The summed E-state index contributed by atoms with van der Waals surface area (Å²) in [5, 5.41) is -0.0501. The van der Waals surface area contributed by atoms with Crippen LogP contribution < -0.4 is 0 Å². The van der Waals surface area contributed by atoms with Gasteiger partial charge in [-0.05, 0) is 12.5 Å². The molecule has 88 valence electrons. The molecule has 4 heteroatoms. The molecule has 0 heterocycles. The van der Waals surface area contributed by atoms with Gasteiger partial charge >= 0.3 is 5.97 Å². The summed E-state index contributed by atoms with van der Waals surface area (Å²) in [5.74, 6) is 0.0385. The van der Waals surface area contributed by atoms with E-state index in [1.807, 2.05) is 37.3 Å². The molecule has 0 spiro atoms. The van der Waals surface area contributed by atoms with Gasteiger partial charge in [-0.1, -0.05) is 30.3 Å². The Morgan fingerprint density at radius 3 is 2.56 bits per heavy atom. The summed E-state index contributed by atoms with van der Waals surface area (Å²) in [6.45, 7) is 1.91. The van der Waals surface area contributed by atoms with Crippen molar-refractivity contribution in [2.75, 3.05) is 12.9 Å². The van der Waals surface area contributed by atoms with Crippen LogP contribution in [0.4, 0.5) is 0 Å². The summed E-state index contributed by atoms with van der Waals surface area (Å²) in [5.41, 5.74) is 1.03. The van der Waals surface area contributed by atoms with E-state index in [1.54, 1.807) is 0 Å². The van der Waals surface area contributed by atoms with Crippen molar-refractivity contribution in [1.29, 1.82) is 0 Å². The third-order valence-corrected chi connectivity index (χ3v) is 4.07. The van der Waals surface area contributed by atoms with E-state index in [-0.39, 0.29) is 17.6 Å². The highest BCUT2D eigenvalue weighted by Gasteiger charge is 2.14. The SMILES string of the molecule is COC(=O)CCS(=O)C(C)c1ccccc1. The first kappa shape index (κ1) is 12.9. The van der Waals surface area contributed by atoms with Crippen molar-refractivity contribution in [3.63, 3.8) is 0 Å². The summed E-state index contributed by atoms with van der Waals surface area (Å²) >= 11 is 0. The van der Waals surface area contributed by atoms with Crippen LogP contribution in [-0.4, -0.2) is 23.0 Å². The second-order valence-electron chi connectivity index (χ2n) is 3.46. The lowest BCUT2D eigenvalue weighted by molar-refractivity contribution is -0.140. The summed E-state index contributed by atoms with van der Waals surface area (Å²) < 4.78 is 16.4. The molecule has 0 saturated heterocycles. The highest BCUT2D eigenvalue weighted by atomic mass is 32.2. The molecule has 0 aliphatic carbocycles. The van der Waals surface area contributed by atoms with E-state index < -0.39 is 10.8 Å². The number of hydrogen-bond acceptors (Lipinski definition) is 3. The van der Waals surface area contributed by atoms with Crippen molar-refractivity contribution in [2.24, 2.45) is 0 Å². The van der Waals surface area contributed by atoms with E-state index in [0.29, 0.717) is 5.75 Å². The fraction of sp³-hybridized carbons (Fsp3) is 0.417. The van der Waals surface area contributed by atoms with Gasteiger partial charge in [0.15, 0.2) is 0 Å². The van der Waals surface area contributed by atoms with E-state index in [4.69, 9.17) is 0 Å². The fourth-order valence-electron chi connectivity index (χ4n) is 1.34. The van der Waals surface area contributed by atoms with Crippen LogP contribution in [0.3, 0.4) is 0 Å². The number of benzene rings is 1. The normalized spacial score (nSPS) is 14.1. The van der Waals surface area contributed by atoms with Gasteiger partial charge in [-0.15, -0.1) is 0 Å². The van der Waals surface area contributed by atoms with E-state index in [1.165, 1.54) is 7.11 Å². The van der Waals surface area contributed by atoms with Crippen molar-refractivity contribution in [2.45, 2.75) is 18.6 Å². The molecule has 0 radical (unpaired) electrons. The monoisotopic (exact) mass is 240 g/mol. The van der Waals surface area contributed by atoms with E-state index >= 15 is 0 Å². The molecule has 0 aliphatic heterocycles. The largest absolute Gasteiger partial charge is 0.469 e. The summed E-state index contributed by atoms with van der Waals surface area (Å²) in [6, 6.07) is 9.65. The zero-order valence-corrected chi connectivity index (χ0v) is 10.3. The number of hydrogen-bond donors (Lipinski definition) is 0. The van der Waals surface area contributed by atoms with E-state index in [9.17, 15) is 9.00 Å². The molecule has 0 bridgehead atoms. The zero-order chi connectivity index (χ0) is 12.0. The number of methoxy groups -OCH3 is 1. The maximum Gasteiger partial charge on any atom is 0.306 e. The second kappa shape index (κ2) is 6.43. The lowest BCUT2D eigenvalue weighted by Gasteiger charge is -2.11. The third-order valence-electron chi connectivity index (χ3n) is 2.40. The quantitative estimate of drug-likeness (QED) is 0.740. The van der Waals surface area contributed by atoms with E-state index in [2.05, 4.69) is 4.74 Å². The molecule has 3 nitrogen and oxygen atoms in total. The van der Waals surface area contributed by atoms with Gasteiger partial charge in [0.1, 0.15) is 0 Å². The summed E-state index contributed by atoms with van der Waals surface area (Å²) in [6.07, 6.45) is 0.209. The average Bonchev–Trinajstić information content (AvgIpc) is 2.35. The summed E-state index contributed by atoms with van der Waals surface area (Å²) in [7, 11) is 0.300. The van der Waals surface area contributed by atoms with Crippen molar-refractivity contribution in [3.05, 3.63) is 35.9 Å². The minimum absolute atomic E-state index is 0.0501. The molecule has 1 aromatic rings. The van der Waals surface area contributed by atoms with Crippen LogP contribution in [0.2, 0.25) is 0 Å². The minimum Gasteiger partial charge on any atom is -0.469 e. The van der Waals surface area contributed by atoms with Gasteiger partial charge in [0.05, 0.1) is 18.8 Å². The number of carbonyl (C=O) groups excluding carboxylic acids is 1. The van der Waals surface area contributed by atoms with Crippen molar-refractivity contribution in [3.8, 4) is 0 Å². The molecule has 16 heavy (non-hydrogen) atoms. The predicted molar refractivity (Wildman–Crippen MR) is 64.5 cm³/mol. The lowest BCUT2D eigenvalue weighted by atomic mass is 10.2. The van der Waals surface area contributed by atoms with Crippen LogP contribution in [0.5, 0.6) is 0 Å². The standard InChI is InChI=1S/C12H16O3S/c1-10(11-6-4-3-5-7-11)16(14)9-8-12(13)15-2/h3-7,10H,8-9H2,1-2H3.